The van der Waals surface area contributed by atoms with Gasteiger partial charge in [-0.05, 0) is 48.0 Å². The van der Waals surface area contributed by atoms with Crippen LogP contribution in [0.4, 0.5) is 74.1 Å². The van der Waals surface area contributed by atoms with Gasteiger partial charge in [0.25, 0.3) is 5.91 Å². The summed E-state index contributed by atoms with van der Waals surface area (Å²) in [5.41, 5.74) is -5.84. The normalized spacial score (nSPS) is 17.6. The summed E-state index contributed by atoms with van der Waals surface area (Å²) in [6.45, 7) is 0. The molecule has 0 aromatic heterocycles. The van der Waals surface area contributed by atoms with Crippen molar-refractivity contribution in [2.45, 2.75) is 34.4 Å². The predicted molar refractivity (Wildman–Crippen MR) is 151 cm³/mol. The predicted octanol–water partition coefficient (Wildman–Crippen LogP) is 9.33. The molecule has 2 atom stereocenters. The summed E-state index contributed by atoms with van der Waals surface area (Å²) in [7, 11) is 0. The summed E-state index contributed by atoms with van der Waals surface area (Å²) in [4.78, 5) is 37.5. The van der Waals surface area contributed by atoms with Gasteiger partial charge in [0.15, 0.2) is 5.82 Å². The molecule has 3 aromatic rings. The Morgan fingerprint density at radius 1 is 0.740 bits per heavy atom. The quantitative estimate of drug-likeness (QED) is 0.157. The lowest BCUT2D eigenvalue weighted by molar-refractivity contribution is -0.343. The summed E-state index contributed by atoms with van der Waals surface area (Å²) in [6.07, 6.45) is -12.0. The Morgan fingerprint density at radius 2 is 1.34 bits per heavy atom. The van der Waals surface area contributed by atoms with E-state index in [-0.39, 0.29) is 17.3 Å². The number of anilines is 3. The maximum absolute atomic E-state index is 15.0. The molecular weight excluding hydrogens is 780 g/mol. The molecule has 3 N–H and O–H groups in total. The summed E-state index contributed by atoms with van der Waals surface area (Å²) >= 11 is 18.3. The number of nitrogens with one attached hydrogen (secondary N) is 3. The van der Waals surface area contributed by atoms with Crippen molar-refractivity contribution in [1.29, 1.82) is 0 Å². The number of alkyl halides is 12. The van der Waals surface area contributed by atoms with Crippen molar-refractivity contribution < 1.29 is 71.5 Å². The minimum atomic E-state index is -6.97. The molecule has 0 aliphatic heterocycles. The zero-order chi connectivity index (χ0) is 37.9. The lowest BCUT2D eigenvalue weighted by Crippen LogP contribution is -2.57. The van der Waals surface area contributed by atoms with E-state index in [1.165, 1.54) is 0 Å². The first-order valence-corrected chi connectivity index (χ1v) is 14.1. The SMILES string of the molecule is O=C(Nc1ccc(F)c(NC(=O)C(F)(F)C(F)(F)C(F)(F)F)c1F)c1cc(NC(=O)[C@H]2[C@H](c3ccc(F)c(C(F)(F)F)c3)C2(Cl)Cl)ccc1Cl. The molecule has 0 spiro atoms. The minimum Gasteiger partial charge on any atom is -0.326 e. The second-order valence-corrected chi connectivity index (χ2v) is 12.2. The van der Waals surface area contributed by atoms with Crippen LogP contribution in [0.1, 0.15) is 27.4 Å². The van der Waals surface area contributed by atoms with Gasteiger partial charge >= 0.3 is 30.1 Å². The van der Waals surface area contributed by atoms with Gasteiger partial charge in [-0.15, -0.1) is 23.2 Å². The third kappa shape index (κ3) is 7.12. The highest BCUT2D eigenvalue weighted by atomic mass is 35.5. The van der Waals surface area contributed by atoms with Crippen molar-refractivity contribution in [1.82, 2.24) is 0 Å². The first kappa shape index (κ1) is 38.8. The van der Waals surface area contributed by atoms with Crippen LogP contribution in [-0.2, 0) is 15.8 Å². The molecule has 50 heavy (non-hydrogen) atoms. The molecule has 0 bridgehead atoms. The van der Waals surface area contributed by atoms with E-state index < -0.39 is 103 Å². The summed E-state index contributed by atoms with van der Waals surface area (Å²) < 4.78 is 172. The van der Waals surface area contributed by atoms with E-state index in [2.05, 4.69) is 5.32 Å². The number of hydrogen-bond acceptors (Lipinski definition) is 3. The van der Waals surface area contributed by atoms with Crippen LogP contribution in [0.2, 0.25) is 5.02 Å². The third-order valence-corrected chi connectivity index (χ3v) is 8.35. The maximum Gasteiger partial charge on any atom is 0.460 e. The van der Waals surface area contributed by atoms with Crippen LogP contribution < -0.4 is 16.0 Å². The van der Waals surface area contributed by atoms with Crippen molar-refractivity contribution in [3.8, 4) is 0 Å². The Balaban J connectivity index is 1.53. The van der Waals surface area contributed by atoms with Crippen LogP contribution in [0, 0.1) is 23.4 Å². The van der Waals surface area contributed by atoms with Gasteiger partial charge in [-0.1, -0.05) is 17.7 Å². The molecular formula is C28H13Cl3F13N3O3. The second-order valence-electron chi connectivity index (χ2n) is 10.4. The average Bonchev–Trinajstić information content (AvgIpc) is 3.57. The molecule has 1 fully saturated rings. The molecule has 0 radical (unpaired) electrons. The van der Waals surface area contributed by atoms with E-state index in [0.29, 0.717) is 23.5 Å². The van der Waals surface area contributed by atoms with E-state index in [1.54, 1.807) is 5.32 Å². The molecule has 1 saturated carbocycles. The molecule has 0 saturated heterocycles. The fourth-order valence-corrected chi connectivity index (χ4v) is 5.52. The van der Waals surface area contributed by atoms with Crippen LogP contribution in [0.5, 0.6) is 0 Å². The Morgan fingerprint density at radius 3 is 1.92 bits per heavy atom. The maximum atomic E-state index is 15.0. The Hall–Kier alpha value is -3.97. The molecule has 270 valence electrons. The van der Waals surface area contributed by atoms with Crippen molar-refractivity contribution in [2.24, 2.45) is 5.92 Å². The monoisotopic (exact) mass is 791 g/mol. The number of hydrogen-bond donors (Lipinski definition) is 3. The molecule has 1 aliphatic carbocycles. The van der Waals surface area contributed by atoms with Crippen molar-refractivity contribution in [3.63, 3.8) is 0 Å². The van der Waals surface area contributed by atoms with E-state index >= 15 is 0 Å². The van der Waals surface area contributed by atoms with Crippen LogP contribution in [0.25, 0.3) is 0 Å². The van der Waals surface area contributed by atoms with Gasteiger partial charge in [0.05, 0.1) is 27.8 Å². The zero-order valence-electron chi connectivity index (χ0n) is 23.5. The van der Waals surface area contributed by atoms with E-state index in [4.69, 9.17) is 34.8 Å². The first-order valence-electron chi connectivity index (χ1n) is 13.0. The molecule has 3 amide bonds. The lowest BCUT2D eigenvalue weighted by atomic mass is 10.0. The number of carbonyl (C=O) groups is 3. The van der Waals surface area contributed by atoms with E-state index in [9.17, 15) is 71.5 Å². The summed E-state index contributed by atoms with van der Waals surface area (Å²) in [6, 6.07) is 5.45. The largest absolute Gasteiger partial charge is 0.460 e. The molecule has 0 heterocycles. The Labute approximate surface area is 284 Å². The highest BCUT2D eigenvalue weighted by Gasteiger charge is 2.76. The third-order valence-electron chi connectivity index (χ3n) is 7.08. The van der Waals surface area contributed by atoms with Crippen molar-refractivity contribution in [2.75, 3.05) is 16.0 Å². The molecule has 3 aromatic carbocycles. The van der Waals surface area contributed by atoms with Gasteiger partial charge in [0.2, 0.25) is 5.91 Å². The topological polar surface area (TPSA) is 87.3 Å². The fraction of sp³-hybridized carbons (Fsp3) is 0.250. The Bertz CT molecular complexity index is 1880. The Kier molecular flexibility index (Phi) is 10.1. The van der Waals surface area contributed by atoms with Gasteiger partial charge in [-0.3, -0.25) is 14.4 Å². The standard InChI is InChI=1S/C28H13Cl3F13N3O3/c29-13-3-2-10(45-22(49)18-17(24(18,30)31)9-1-4-14(32)12(7-9)26(37,38)39)8-11(13)21(48)46-16-6-5-15(33)20(19(16)34)47-23(50)25(35,36)27(40,41)28(42,43)44/h1-8,17-18H,(H,45,49)(H,46,48)(H,47,50)/t17-,18+/m0/s1. The number of rotatable bonds is 8. The molecule has 22 heteroatoms. The summed E-state index contributed by atoms with van der Waals surface area (Å²) in [5, 5.41) is 4.23. The average molecular weight is 793 g/mol. The number of amides is 3. The van der Waals surface area contributed by atoms with Crippen LogP contribution in [0.15, 0.2) is 48.5 Å². The van der Waals surface area contributed by atoms with Crippen molar-refractivity contribution in [3.05, 3.63) is 87.7 Å². The van der Waals surface area contributed by atoms with Gasteiger partial charge in [-0.25, -0.2) is 13.2 Å². The second kappa shape index (κ2) is 13.0. The fourth-order valence-electron chi connectivity index (χ4n) is 4.48. The lowest BCUT2D eigenvalue weighted by Gasteiger charge is -2.27. The molecule has 4 rings (SSSR count). The van der Waals surface area contributed by atoms with Crippen molar-refractivity contribution >= 4 is 69.6 Å². The molecule has 0 unspecified atom stereocenters. The van der Waals surface area contributed by atoms with Crippen LogP contribution in [0.3, 0.4) is 0 Å². The highest BCUT2D eigenvalue weighted by molar-refractivity contribution is 6.53. The van der Waals surface area contributed by atoms with Gasteiger partial charge in [0, 0.05) is 11.6 Å². The van der Waals surface area contributed by atoms with E-state index in [1.807, 2.05) is 0 Å². The van der Waals surface area contributed by atoms with E-state index in [0.717, 1.165) is 24.3 Å². The summed E-state index contributed by atoms with van der Waals surface area (Å²) in [5.74, 6) is -27.7. The van der Waals surface area contributed by atoms with Gasteiger partial charge in [-0.2, -0.15) is 43.9 Å². The highest BCUT2D eigenvalue weighted by Crippen LogP contribution is 2.65. The smallest absolute Gasteiger partial charge is 0.326 e. The van der Waals surface area contributed by atoms with Gasteiger partial charge < -0.3 is 16.0 Å². The number of halogens is 16. The zero-order valence-corrected chi connectivity index (χ0v) is 25.8. The molecule has 6 nitrogen and oxygen atoms in total. The number of carbonyl (C=O) groups excluding carboxylic acids is 3. The molecule has 1 aliphatic rings. The van der Waals surface area contributed by atoms with Gasteiger partial charge in [0.1, 0.15) is 21.7 Å². The van der Waals surface area contributed by atoms with Crippen LogP contribution >= 0.6 is 34.8 Å². The number of benzene rings is 3. The first-order chi connectivity index (χ1) is 22.7. The van der Waals surface area contributed by atoms with Crippen LogP contribution in [-0.4, -0.2) is 40.1 Å². The minimum absolute atomic E-state index is 0.210.